The SMILES string of the molecule is NO.O=C(O)c1cnc2cc(C(F)(F)F)ccc2c1NC(c1cccnc1)S(=O)(=O)c1ccc(-c2ccccc2)cc1. The van der Waals surface area contributed by atoms with Crippen molar-refractivity contribution in [1.29, 1.82) is 0 Å². The molecular formula is C29H23F3N4O5S. The molecule has 0 aliphatic carbocycles. The first kappa shape index (κ1) is 30.1. The van der Waals surface area contributed by atoms with E-state index in [1.54, 1.807) is 12.1 Å². The van der Waals surface area contributed by atoms with Crippen LogP contribution in [-0.2, 0) is 16.0 Å². The van der Waals surface area contributed by atoms with Crippen LogP contribution in [0, 0.1) is 0 Å². The van der Waals surface area contributed by atoms with Gasteiger partial charge < -0.3 is 15.6 Å². The summed E-state index contributed by atoms with van der Waals surface area (Å²) in [5.41, 5.74) is 0.150. The molecule has 0 aliphatic rings. The Hall–Kier alpha value is -4.85. The van der Waals surface area contributed by atoms with E-state index in [9.17, 15) is 31.5 Å². The van der Waals surface area contributed by atoms with E-state index in [0.29, 0.717) is 0 Å². The molecule has 3 aromatic carbocycles. The lowest BCUT2D eigenvalue weighted by atomic mass is 10.1. The van der Waals surface area contributed by atoms with Crippen molar-refractivity contribution in [3.63, 3.8) is 0 Å². The number of nitrogens with zero attached hydrogens (tertiary/aromatic N) is 2. The maximum Gasteiger partial charge on any atom is 0.416 e. The van der Waals surface area contributed by atoms with Gasteiger partial charge in [-0.25, -0.2) is 19.1 Å². The van der Waals surface area contributed by atoms with Gasteiger partial charge in [0.2, 0.25) is 9.84 Å². The average molecular weight is 597 g/mol. The number of fused-ring (bicyclic) bond motifs is 1. The van der Waals surface area contributed by atoms with Crippen LogP contribution in [-0.4, -0.2) is 34.7 Å². The molecule has 9 nitrogen and oxygen atoms in total. The molecule has 42 heavy (non-hydrogen) atoms. The summed E-state index contributed by atoms with van der Waals surface area (Å²) in [6.45, 7) is 0. The zero-order chi connectivity index (χ0) is 30.5. The van der Waals surface area contributed by atoms with E-state index in [4.69, 9.17) is 5.21 Å². The number of alkyl halides is 3. The van der Waals surface area contributed by atoms with Crippen LogP contribution < -0.4 is 11.2 Å². The summed E-state index contributed by atoms with van der Waals surface area (Å²) < 4.78 is 67.9. The molecule has 13 heteroatoms. The molecule has 216 valence electrons. The monoisotopic (exact) mass is 596 g/mol. The first-order chi connectivity index (χ1) is 20.1. The molecule has 5 aromatic rings. The zero-order valence-corrected chi connectivity index (χ0v) is 22.3. The Labute approximate surface area is 238 Å². The average Bonchev–Trinajstić information content (AvgIpc) is 3.00. The van der Waals surface area contributed by atoms with Crippen molar-refractivity contribution in [3.05, 3.63) is 120 Å². The lowest BCUT2D eigenvalue weighted by Crippen LogP contribution is -2.23. The van der Waals surface area contributed by atoms with Crippen LogP contribution in [0.5, 0.6) is 0 Å². The normalized spacial score (nSPS) is 12.2. The number of hydrogen-bond donors (Lipinski definition) is 4. The van der Waals surface area contributed by atoms with Crippen molar-refractivity contribution in [2.45, 2.75) is 16.4 Å². The highest BCUT2D eigenvalue weighted by atomic mass is 32.2. The molecule has 0 fully saturated rings. The molecule has 0 aliphatic heterocycles. The quantitative estimate of drug-likeness (QED) is 0.167. The summed E-state index contributed by atoms with van der Waals surface area (Å²) in [4.78, 5) is 19.9. The predicted molar refractivity (Wildman–Crippen MR) is 149 cm³/mol. The molecule has 1 unspecified atom stereocenters. The van der Waals surface area contributed by atoms with E-state index >= 15 is 0 Å². The van der Waals surface area contributed by atoms with Gasteiger partial charge in [-0.1, -0.05) is 54.6 Å². The maximum absolute atomic E-state index is 14.0. The standard InChI is InChI=1S/C29H20F3N3O4S.H3NO/c30-29(31,32)21-10-13-23-25(15-21)34-17-24(28(36)37)26(23)35-27(20-7-4-14-33-16-20)40(38,39)22-11-8-19(9-12-22)18-5-2-1-3-6-18;1-2/h1-17,27H,(H,34,35)(H,36,37);2H,1H2. The Bertz CT molecular complexity index is 1800. The fraction of sp³-hybridized carbons (Fsp3) is 0.0690. The third-order valence-electron chi connectivity index (χ3n) is 6.29. The predicted octanol–water partition coefficient (Wildman–Crippen LogP) is 5.93. The number of pyridine rings is 2. The number of nitrogens with one attached hydrogen (secondary N) is 1. The molecule has 1 atom stereocenters. The number of aromatic carboxylic acids is 1. The number of carbonyl (C=O) groups is 1. The zero-order valence-electron chi connectivity index (χ0n) is 21.5. The van der Waals surface area contributed by atoms with Gasteiger partial charge in [0.15, 0.2) is 5.37 Å². The van der Waals surface area contributed by atoms with E-state index in [0.717, 1.165) is 35.5 Å². The minimum atomic E-state index is -4.65. The van der Waals surface area contributed by atoms with E-state index in [1.807, 2.05) is 30.3 Å². The van der Waals surface area contributed by atoms with Crippen LogP contribution >= 0.6 is 0 Å². The number of carboxylic acid groups (broad SMARTS) is 1. The summed E-state index contributed by atoms with van der Waals surface area (Å²) in [7, 11) is -4.24. The molecule has 2 heterocycles. The van der Waals surface area contributed by atoms with Crippen molar-refractivity contribution in [3.8, 4) is 11.1 Å². The molecule has 0 saturated carbocycles. The summed E-state index contributed by atoms with van der Waals surface area (Å²) in [5, 5.41) is 17.6. The molecule has 0 amide bonds. The van der Waals surface area contributed by atoms with E-state index in [2.05, 4.69) is 21.2 Å². The lowest BCUT2D eigenvalue weighted by molar-refractivity contribution is -0.137. The molecule has 0 saturated heterocycles. The summed E-state index contributed by atoms with van der Waals surface area (Å²) >= 11 is 0. The molecule has 0 bridgehead atoms. The fourth-order valence-corrected chi connectivity index (χ4v) is 5.85. The number of anilines is 1. The number of benzene rings is 3. The summed E-state index contributed by atoms with van der Waals surface area (Å²) in [6.07, 6.45) is -0.985. The van der Waals surface area contributed by atoms with Crippen LogP contribution in [0.4, 0.5) is 18.9 Å². The lowest BCUT2D eigenvalue weighted by Gasteiger charge is -2.23. The second-order valence-corrected chi connectivity index (χ2v) is 10.9. The van der Waals surface area contributed by atoms with Crippen molar-refractivity contribution in [2.75, 3.05) is 5.32 Å². The van der Waals surface area contributed by atoms with Gasteiger partial charge in [0.05, 0.1) is 21.7 Å². The first-order valence-electron chi connectivity index (χ1n) is 12.1. The van der Waals surface area contributed by atoms with Gasteiger partial charge in [0.1, 0.15) is 5.56 Å². The van der Waals surface area contributed by atoms with Crippen LogP contribution in [0.25, 0.3) is 22.0 Å². The third kappa shape index (κ3) is 6.22. The van der Waals surface area contributed by atoms with E-state index in [-0.39, 0.29) is 27.0 Å². The minimum absolute atomic E-state index is 0.0106. The number of hydrogen-bond acceptors (Lipinski definition) is 8. The number of rotatable bonds is 7. The van der Waals surface area contributed by atoms with Crippen LogP contribution in [0.1, 0.15) is 26.9 Å². The Morgan fingerprint density at radius 1 is 0.881 bits per heavy atom. The van der Waals surface area contributed by atoms with Crippen LogP contribution in [0.3, 0.4) is 0 Å². The number of halogens is 3. The Morgan fingerprint density at radius 2 is 1.55 bits per heavy atom. The van der Waals surface area contributed by atoms with E-state index in [1.165, 1.54) is 36.7 Å². The Kier molecular flexibility index (Phi) is 8.85. The maximum atomic E-state index is 14.0. The van der Waals surface area contributed by atoms with Gasteiger partial charge in [-0.15, -0.1) is 0 Å². The van der Waals surface area contributed by atoms with Gasteiger partial charge in [-0.2, -0.15) is 13.2 Å². The Morgan fingerprint density at radius 3 is 2.14 bits per heavy atom. The number of carboxylic acids is 1. The molecule has 0 spiro atoms. The summed E-state index contributed by atoms with van der Waals surface area (Å²) in [6, 6.07) is 21.2. The van der Waals surface area contributed by atoms with E-state index < -0.39 is 38.5 Å². The minimum Gasteiger partial charge on any atom is -0.478 e. The molecule has 5 N–H and O–H groups in total. The molecular weight excluding hydrogens is 573 g/mol. The second kappa shape index (κ2) is 12.3. The third-order valence-corrected chi connectivity index (χ3v) is 8.23. The smallest absolute Gasteiger partial charge is 0.416 e. The largest absolute Gasteiger partial charge is 0.478 e. The van der Waals surface area contributed by atoms with Crippen molar-refractivity contribution in [1.82, 2.24) is 9.97 Å². The van der Waals surface area contributed by atoms with Gasteiger partial charge in [0.25, 0.3) is 0 Å². The molecule has 2 aromatic heterocycles. The van der Waals surface area contributed by atoms with Gasteiger partial charge in [0, 0.05) is 29.5 Å². The molecule has 5 rings (SSSR count). The van der Waals surface area contributed by atoms with Gasteiger partial charge >= 0.3 is 12.1 Å². The first-order valence-corrected chi connectivity index (χ1v) is 13.7. The summed E-state index contributed by atoms with van der Waals surface area (Å²) in [5.74, 6) is 2.06. The number of aromatic nitrogens is 2. The molecule has 0 radical (unpaired) electrons. The van der Waals surface area contributed by atoms with Crippen molar-refractivity contribution >= 4 is 32.4 Å². The van der Waals surface area contributed by atoms with Crippen LogP contribution in [0.15, 0.2) is 108 Å². The second-order valence-electron chi connectivity index (χ2n) is 8.83. The fourth-order valence-electron chi connectivity index (χ4n) is 4.29. The highest BCUT2D eigenvalue weighted by Gasteiger charge is 2.33. The number of nitrogens with two attached hydrogens (primary N) is 1. The van der Waals surface area contributed by atoms with Crippen molar-refractivity contribution in [2.24, 2.45) is 5.90 Å². The highest BCUT2D eigenvalue weighted by molar-refractivity contribution is 7.91. The van der Waals surface area contributed by atoms with Crippen LogP contribution in [0.2, 0.25) is 0 Å². The number of sulfone groups is 1. The van der Waals surface area contributed by atoms with Gasteiger partial charge in [-0.05, 0) is 41.5 Å². The highest BCUT2D eigenvalue weighted by Crippen LogP contribution is 2.37. The Balaban J connectivity index is 0.00000198. The van der Waals surface area contributed by atoms with Gasteiger partial charge in [-0.3, -0.25) is 9.97 Å². The topological polar surface area (TPSA) is 156 Å². The van der Waals surface area contributed by atoms with Crippen molar-refractivity contribution < 1.29 is 36.7 Å².